The Kier molecular flexibility index (Phi) is 5.07. The van der Waals surface area contributed by atoms with Gasteiger partial charge in [0.25, 0.3) is 0 Å². The van der Waals surface area contributed by atoms with E-state index in [1.165, 1.54) is 19.1 Å². The fourth-order valence-electron chi connectivity index (χ4n) is 1.30. The highest BCUT2D eigenvalue weighted by atomic mass is 32.2. The van der Waals surface area contributed by atoms with E-state index in [2.05, 4.69) is 9.38 Å². The normalized spacial score (nSPS) is 13.5. The van der Waals surface area contributed by atoms with Gasteiger partial charge in [0.1, 0.15) is 11.4 Å². The molecule has 112 valence electrons. The summed E-state index contributed by atoms with van der Waals surface area (Å²) in [7, 11) is 1.39. The van der Waals surface area contributed by atoms with Crippen LogP contribution in [0.4, 0.5) is 13.2 Å². The summed E-state index contributed by atoms with van der Waals surface area (Å²) in [5, 5.41) is 0. The predicted octanol–water partition coefficient (Wildman–Crippen LogP) is 4.36. The molecule has 1 aromatic rings. The first-order chi connectivity index (χ1) is 9.04. The molecular weight excluding hydrogens is 289 g/mol. The molecule has 3 nitrogen and oxygen atoms in total. The number of hydrogen-bond acceptors (Lipinski definition) is 4. The average molecular weight is 306 g/mol. The molecule has 1 aromatic heterocycles. The van der Waals surface area contributed by atoms with Crippen molar-refractivity contribution in [2.45, 2.75) is 38.6 Å². The van der Waals surface area contributed by atoms with Gasteiger partial charge in [0, 0.05) is 10.3 Å². The van der Waals surface area contributed by atoms with E-state index in [0.717, 1.165) is 12.3 Å². The third kappa shape index (κ3) is 4.70. The van der Waals surface area contributed by atoms with Gasteiger partial charge in [-0.15, -0.1) is 0 Å². The number of alkyl halides is 3. The van der Waals surface area contributed by atoms with Crippen molar-refractivity contribution in [3.8, 4) is 5.75 Å². The number of aromatic nitrogens is 1. The monoisotopic (exact) mass is 306 g/mol. The van der Waals surface area contributed by atoms with Gasteiger partial charge in [-0.25, -0.2) is 9.38 Å². The Morgan fingerprint density at radius 1 is 1.30 bits per heavy atom. The van der Waals surface area contributed by atoms with Crippen molar-refractivity contribution >= 4 is 17.7 Å². The molecule has 0 bridgehead atoms. The summed E-state index contributed by atoms with van der Waals surface area (Å²) in [5.41, 5.74) is -0.190. The van der Waals surface area contributed by atoms with Gasteiger partial charge in [0.05, 0.1) is 19.0 Å². The lowest BCUT2D eigenvalue weighted by Crippen LogP contribution is -2.11. The summed E-state index contributed by atoms with van der Waals surface area (Å²) >= 11 is 1.30. The van der Waals surface area contributed by atoms with Gasteiger partial charge in [-0.3, -0.25) is 0 Å². The second-order valence-corrected chi connectivity index (χ2v) is 6.74. The van der Waals surface area contributed by atoms with Crippen LogP contribution < -0.4 is 4.74 Å². The molecule has 20 heavy (non-hydrogen) atoms. The van der Waals surface area contributed by atoms with Crippen molar-refractivity contribution in [2.75, 3.05) is 7.11 Å². The van der Waals surface area contributed by atoms with Crippen molar-refractivity contribution in [2.24, 2.45) is 4.40 Å². The van der Waals surface area contributed by atoms with Crippen molar-refractivity contribution in [3.63, 3.8) is 0 Å². The first-order valence-electron chi connectivity index (χ1n) is 5.89. The highest BCUT2D eigenvalue weighted by Crippen LogP contribution is 2.32. The first kappa shape index (κ1) is 16.8. The van der Waals surface area contributed by atoms with Gasteiger partial charge in [-0.05, 0) is 45.7 Å². The van der Waals surface area contributed by atoms with E-state index in [9.17, 15) is 13.2 Å². The van der Waals surface area contributed by atoms with Gasteiger partial charge in [-0.2, -0.15) is 13.2 Å². The highest BCUT2D eigenvalue weighted by Gasteiger charge is 2.33. The molecule has 0 saturated carbocycles. The summed E-state index contributed by atoms with van der Waals surface area (Å²) in [6, 6.07) is 0.959. The fourth-order valence-corrected chi connectivity index (χ4v) is 1.81. The number of pyridine rings is 1. The zero-order valence-corrected chi connectivity index (χ0v) is 12.8. The lowest BCUT2D eigenvalue weighted by atomic mass is 10.1. The molecule has 0 aliphatic heterocycles. The second-order valence-electron chi connectivity index (χ2n) is 5.15. The van der Waals surface area contributed by atoms with Crippen LogP contribution in [0.2, 0.25) is 0 Å². The molecule has 0 unspecified atom stereocenters. The Hall–Kier alpha value is -1.24. The summed E-state index contributed by atoms with van der Waals surface area (Å²) < 4.78 is 47.3. The van der Waals surface area contributed by atoms with Crippen LogP contribution in [0.25, 0.3) is 0 Å². The number of ether oxygens (including phenoxy) is 1. The molecule has 1 rings (SSSR count). The average Bonchev–Trinajstić information content (AvgIpc) is 2.33. The zero-order chi connectivity index (χ0) is 15.6. The van der Waals surface area contributed by atoms with Crippen LogP contribution in [0.3, 0.4) is 0 Å². The molecule has 0 amide bonds. The SMILES string of the molecule is COc1cnc(C(F)(F)F)cc1C(C)=NSC(C)(C)C. The van der Waals surface area contributed by atoms with E-state index in [-0.39, 0.29) is 10.5 Å². The van der Waals surface area contributed by atoms with Crippen LogP contribution in [0.5, 0.6) is 5.75 Å². The lowest BCUT2D eigenvalue weighted by molar-refractivity contribution is -0.141. The van der Waals surface area contributed by atoms with E-state index in [4.69, 9.17) is 4.74 Å². The molecule has 0 aliphatic carbocycles. The molecule has 0 radical (unpaired) electrons. The van der Waals surface area contributed by atoms with Gasteiger partial charge >= 0.3 is 6.18 Å². The van der Waals surface area contributed by atoms with E-state index < -0.39 is 11.9 Å². The molecule has 0 aromatic carbocycles. The number of nitrogens with zero attached hydrogens (tertiary/aromatic N) is 2. The molecule has 7 heteroatoms. The second kappa shape index (κ2) is 6.03. The van der Waals surface area contributed by atoms with E-state index in [1.807, 2.05) is 20.8 Å². The van der Waals surface area contributed by atoms with Crippen LogP contribution in [0.15, 0.2) is 16.7 Å². The van der Waals surface area contributed by atoms with Crippen molar-refractivity contribution in [1.29, 1.82) is 0 Å². The molecule has 0 aliphatic rings. The maximum Gasteiger partial charge on any atom is 0.433 e. The van der Waals surface area contributed by atoms with Gasteiger partial charge in [0.2, 0.25) is 0 Å². The summed E-state index contributed by atoms with van der Waals surface area (Å²) in [4.78, 5) is 3.36. The fraction of sp³-hybridized carbons (Fsp3) is 0.538. The minimum Gasteiger partial charge on any atom is -0.494 e. The molecule has 0 atom stereocenters. The maximum absolute atomic E-state index is 12.7. The predicted molar refractivity (Wildman–Crippen MR) is 75.3 cm³/mol. The topological polar surface area (TPSA) is 34.5 Å². The van der Waals surface area contributed by atoms with Gasteiger partial charge in [-0.1, -0.05) is 0 Å². The van der Waals surface area contributed by atoms with E-state index >= 15 is 0 Å². The molecule has 1 heterocycles. The lowest BCUT2D eigenvalue weighted by Gasteiger charge is -2.15. The van der Waals surface area contributed by atoms with Crippen molar-refractivity contribution in [1.82, 2.24) is 4.98 Å². The standard InChI is InChI=1S/C13H17F3N2OS/c1-8(18-20-12(2,3)4)9-6-11(13(14,15)16)17-7-10(9)19-5/h6-7H,1-5H3. The van der Waals surface area contributed by atoms with Gasteiger partial charge < -0.3 is 4.74 Å². The number of methoxy groups -OCH3 is 1. The summed E-state index contributed by atoms with van der Waals surface area (Å²) in [6.45, 7) is 7.56. The smallest absolute Gasteiger partial charge is 0.433 e. The van der Waals surface area contributed by atoms with Crippen LogP contribution in [0, 0.1) is 0 Å². The van der Waals surface area contributed by atoms with Gasteiger partial charge in [0.15, 0.2) is 0 Å². The summed E-state index contributed by atoms with van der Waals surface area (Å²) in [5.74, 6) is 0.272. The molecule has 0 saturated heterocycles. The minimum atomic E-state index is -4.49. The van der Waals surface area contributed by atoms with Crippen molar-refractivity contribution in [3.05, 3.63) is 23.5 Å². The summed E-state index contributed by atoms with van der Waals surface area (Å²) in [6.07, 6.45) is -3.42. The number of hydrogen-bond donors (Lipinski definition) is 0. The van der Waals surface area contributed by atoms with E-state index in [0.29, 0.717) is 11.3 Å². The molecule has 0 spiro atoms. The number of rotatable bonds is 3. The molecule has 0 N–H and O–H groups in total. The zero-order valence-electron chi connectivity index (χ0n) is 12.0. The molecular formula is C13H17F3N2OS. The minimum absolute atomic E-state index is 0.117. The Morgan fingerprint density at radius 2 is 1.90 bits per heavy atom. The highest BCUT2D eigenvalue weighted by molar-refractivity contribution is 7.99. The Balaban J connectivity index is 3.20. The van der Waals surface area contributed by atoms with Crippen molar-refractivity contribution < 1.29 is 17.9 Å². The number of halogens is 3. The van der Waals surface area contributed by atoms with E-state index in [1.54, 1.807) is 6.92 Å². The molecule has 0 fully saturated rings. The van der Waals surface area contributed by atoms with Crippen LogP contribution in [-0.2, 0) is 6.18 Å². The third-order valence-electron chi connectivity index (χ3n) is 2.22. The Morgan fingerprint density at radius 3 is 2.35 bits per heavy atom. The third-order valence-corrected chi connectivity index (χ3v) is 3.14. The Labute approximate surface area is 120 Å². The Bertz CT molecular complexity index is 507. The maximum atomic E-state index is 12.7. The van der Waals surface area contributed by atoms with Crippen LogP contribution >= 0.6 is 11.9 Å². The quantitative estimate of drug-likeness (QED) is 0.614. The largest absolute Gasteiger partial charge is 0.494 e. The first-order valence-corrected chi connectivity index (χ1v) is 6.66. The van der Waals surface area contributed by atoms with Crippen LogP contribution in [-0.4, -0.2) is 22.6 Å². The van der Waals surface area contributed by atoms with Crippen LogP contribution in [0.1, 0.15) is 39.0 Å².